The Kier molecular flexibility index (Phi) is 6.08. The number of pyridine rings is 1. The van der Waals surface area contributed by atoms with Crippen molar-refractivity contribution in [2.45, 2.75) is 20.3 Å². The fourth-order valence-corrected chi connectivity index (χ4v) is 3.98. The summed E-state index contributed by atoms with van der Waals surface area (Å²) in [5, 5.41) is 1.15. The predicted molar refractivity (Wildman–Crippen MR) is 129 cm³/mol. The molecule has 0 aliphatic rings. The van der Waals surface area contributed by atoms with E-state index in [1.54, 1.807) is 30.3 Å². The molecule has 0 aliphatic heterocycles. The molecule has 4 rings (SSSR count). The molecule has 4 aromatic rings. The summed E-state index contributed by atoms with van der Waals surface area (Å²) < 4.78 is 6.86. The molecule has 1 amide bonds. The summed E-state index contributed by atoms with van der Waals surface area (Å²) in [5.74, 6) is 0.511. The zero-order valence-electron chi connectivity index (χ0n) is 18.5. The van der Waals surface area contributed by atoms with Crippen molar-refractivity contribution < 1.29 is 9.53 Å². The molecule has 0 radical (unpaired) electrons. The number of carbonyl (C=O) groups is 1. The largest absolute Gasteiger partial charge is 0.497 e. The molecular formula is C27H26N2O3. The van der Waals surface area contributed by atoms with Crippen LogP contribution in [0.3, 0.4) is 0 Å². The Hall–Kier alpha value is -3.86. The number of amides is 1. The van der Waals surface area contributed by atoms with Crippen LogP contribution in [0.15, 0.2) is 83.8 Å². The Morgan fingerprint density at radius 1 is 0.969 bits per heavy atom. The minimum atomic E-state index is -0.177. The third-order valence-corrected chi connectivity index (χ3v) is 5.59. The van der Waals surface area contributed by atoms with E-state index in [1.807, 2.05) is 74.5 Å². The van der Waals surface area contributed by atoms with E-state index in [4.69, 9.17) is 4.74 Å². The number of rotatable bonds is 6. The number of benzene rings is 3. The monoisotopic (exact) mass is 426 g/mol. The third-order valence-electron chi connectivity index (χ3n) is 5.59. The number of nitrogens with zero attached hydrogens (tertiary/aromatic N) is 2. The molecule has 32 heavy (non-hydrogen) atoms. The van der Waals surface area contributed by atoms with Crippen molar-refractivity contribution in [1.29, 1.82) is 0 Å². The molecule has 0 atom stereocenters. The summed E-state index contributed by atoms with van der Waals surface area (Å²) >= 11 is 0. The zero-order valence-corrected chi connectivity index (χ0v) is 18.5. The fourth-order valence-electron chi connectivity index (χ4n) is 3.98. The lowest BCUT2D eigenvalue weighted by atomic mass is 10.0. The van der Waals surface area contributed by atoms with Crippen molar-refractivity contribution in [3.63, 3.8) is 0 Å². The van der Waals surface area contributed by atoms with Gasteiger partial charge in [0.2, 0.25) is 0 Å². The highest BCUT2D eigenvalue weighted by atomic mass is 16.5. The van der Waals surface area contributed by atoms with Gasteiger partial charge in [0.15, 0.2) is 0 Å². The Morgan fingerprint density at radius 2 is 1.69 bits per heavy atom. The molecule has 1 aromatic heterocycles. The highest BCUT2D eigenvalue weighted by Crippen LogP contribution is 2.26. The van der Waals surface area contributed by atoms with Crippen molar-refractivity contribution in [2.24, 2.45) is 0 Å². The van der Waals surface area contributed by atoms with Gasteiger partial charge >= 0.3 is 0 Å². The number of ether oxygens (including phenoxy) is 1. The van der Waals surface area contributed by atoms with E-state index in [-0.39, 0.29) is 11.5 Å². The first-order valence-electron chi connectivity index (χ1n) is 10.7. The number of hydrogen-bond acceptors (Lipinski definition) is 3. The van der Waals surface area contributed by atoms with E-state index in [0.717, 1.165) is 17.7 Å². The van der Waals surface area contributed by atoms with Gasteiger partial charge < -0.3 is 9.64 Å². The van der Waals surface area contributed by atoms with Crippen LogP contribution in [0.5, 0.6) is 5.75 Å². The zero-order chi connectivity index (χ0) is 22.7. The van der Waals surface area contributed by atoms with Crippen LogP contribution in [-0.2, 0) is 0 Å². The molecule has 162 valence electrons. The number of aryl methyl sites for hydroxylation is 1. The summed E-state index contributed by atoms with van der Waals surface area (Å²) in [6, 6.07) is 22.4. The van der Waals surface area contributed by atoms with Crippen molar-refractivity contribution in [1.82, 2.24) is 4.57 Å². The van der Waals surface area contributed by atoms with Crippen LogP contribution in [0.25, 0.3) is 16.5 Å². The van der Waals surface area contributed by atoms with Crippen LogP contribution in [0, 0.1) is 6.92 Å². The lowest BCUT2D eigenvalue weighted by Crippen LogP contribution is -2.33. The molecule has 0 saturated carbocycles. The Morgan fingerprint density at radius 3 is 2.41 bits per heavy atom. The first-order valence-corrected chi connectivity index (χ1v) is 10.7. The van der Waals surface area contributed by atoms with E-state index in [1.165, 1.54) is 4.57 Å². The maximum Gasteiger partial charge on any atom is 0.262 e. The maximum absolute atomic E-state index is 13.9. The summed E-state index contributed by atoms with van der Waals surface area (Å²) in [4.78, 5) is 29.0. The quantitative estimate of drug-likeness (QED) is 0.417. The summed E-state index contributed by atoms with van der Waals surface area (Å²) in [5.41, 5.74) is 2.86. The predicted octanol–water partition coefficient (Wildman–Crippen LogP) is 5.36. The topological polar surface area (TPSA) is 51.5 Å². The number of para-hydroxylation sites is 1. The molecule has 3 aromatic carbocycles. The maximum atomic E-state index is 13.9. The summed E-state index contributed by atoms with van der Waals surface area (Å²) in [6.45, 7) is 4.63. The molecule has 5 heteroatoms. The average molecular weight is 427 g/mol. The second-order valence-corrected chi connectivity index (χ2v) is 7.71. The highest BCUT2D eigenvalue weighted by molar-refractivity contribution is 6.14. The second-order valence-electron chi connectivity index (χ2n) is 7.71. The van der Waals surface area contributed by atoms with E-state index < -0.39 is 0 Å². The van der Waals surface area contributed by atoms with E-state index >= 15 is 0 Å². The minimum Gasteiger partial charge on any atom is -0.497 e. The molecule has 0 aliphatic carbocycles. The average Bonchev–Trinajstić information content (AvgIpc) is 2.83. The van der Waals surface area contributed by atoms with E-state index in [0.29, 0.717) is 34.3 Å². The lowest BCUT2D eigenvalue weighted by Gasteiger charge is -2.25. The SMILES string of the molecule is CCCN(C(=O)c1cn(-c2cccc(OC)c2)c(=O)c2ccccc12)c1ccccc1C. The van der Waals surface area contributed by atoms with Gasteiger partial charge in [-0.05, 0) is 43.2 Å². The van der Waals surface area contributed by atoms with Gasteiger partial charge in [0.05, 0.1) is 18.4 Å². The van der Waals surface area contributed by atoms with Crippen molar-refractivity contribution >= 4 is 22.4 Å². The van der Waals surface area contributed by atoms with Crippen LogP contribution in [0.1, 0.15) is 29.3 Å². The summed E-state index contributed by atoms with van der Waals surface area (Å²) in [7, 11) is 1.59. The van der Waals surface area contributed by atoms with Crippen LogP contribution < -0.4 is 15.2 Å². The molecule has 0 spiro atoms. The lowest BCUT2D eigenvalue weighted by molar-refractivity contribution is 0.0988. The van der Waals surface area contributed by atoms with Crippen LogP contribution >= 0.6 is 0 Å². The number of methoxy groups -OCH3 is 1. The van der Waals surface area contributed by atoms with Gasteiger partial charge in [-0.15, -0.1) is 0 Å². The second kappa shape index (κ2) is 9.10. The van der Waals surface area contributed by atoms with Crippen molar-refractivity contribution in [2.75, 3.05) is 18.6 Å². The molecule has 0 bridgehead atoms. The first-order chi connectivity index (χ1) is 15.5. The number of carbonyl (C=O) groups excluding carboxylic acids is 1. The fraction of sp³-hybridized carbons (Fsp3) is 0.185. The number of fused-ring (bicyclic) bond motifs is 1. The molecular weight excluding hydrogens is 400 g/mol. The van der Waals surface area contributed by atoms with Crippen molar-refractivity contribution in [3.05, 3.63) is 100 Å². The van der Waals surface area contributed by atoms with E-state index in [2.05, 4.69) is 0 Å². The highest BCUT2D eigenvalue weighted by Gasteiger charge is 2.22. The first kappa shape index (κ1) is 21.4. The standard InChI is InChI=1S/C27H26N2O3/c1-4-16-28(25-15-8-5-10-19(25)2)27(31)24-18-29(20-11-9-12-21(17-20)32-3)26(30)23-14-7-6-13-22(23)24/h5-15,17-18H,4,16H2,1-3H3. The van der Waals surface area contributed by atoms with Gasteiger partial charge in [0, 0.05) is 35.3 Å². The summed E-state index contributed by atoms with van der Waals surface area (Å²) in [6.07, 6.45) is 2.47. The molecule has 0 N–H and O–H groups in total. The van der Waals surface area contributed by atoms with Gasteiger partial charge in [-0.3, -0.25) is 14.2 Å². The van der Waals surface area contributed by atoms with Gasteiger partial charge in [-0.2, -0.15) is 0 Å². The number of hydrogen-bond donors (Lipinski definition) is 0. The van der Waals surface area contributed by atoms with Gasteiger partial charge in [-0.25, -0.2) is 0 Å². The molecule has 5 nitrogen and oxygen atoms in total. The third kappa shape index (κ3) is 3.89. The normalized spacial score (nSPS) is 10.8. The van der Waals surface area contributed by atoms with Gasteiger partial charge in [0.1, 0.15) is 5.75 Å². The van der Waals surface area contributed by atoms with Crippen LogP contribution in [0.4, 0.5) is 5.69 Å². The smallest absolute Gasteiger partial charge is 0.262 e. The van der Waals surface area contributed by atoms with Gasteiger partial charge in [-0.1, -0.05) is 49.4 Å². The molecule has 0 unspecified atom stereocenters. The number of aromatic nitrogens is 1. The molecule has 0 saturated heterocycles. The van der Waals surface area contributed by atoms with Crippen molar-refractivity contribution in [3.8, 4) is 11.4 Å². The Labute approximate surface area is 187 Å². The Bertz CT molecular complexity index is 1340. The molecule has 0 fully saturated rings. The van der Waals surface area contributed by atoms with Gasteiger partial charge in [0.25, 0.3) is 11.5 Å². The van der Waals surface area contributed by atoms with Crippen LogP contribution in [-0.4, -0.2) is 24.1 Å². The minimum absolute atomic E-state index is 0.131. The molecule has 1 heterocycles. The Balaban J connectivity index is 1.95. The van der Waals surface area contributed by atoms with Crippen LogP contribution in [0.2, 0.25) is 0 Å². The number of anilines is 1. The van der Waals surface area contributed by atoms with E-state index in [9.17, 15) is 9.59 Å².